The topological polar surface area (TPSA) is 95.9 Å². The Morgan fingerprint density at radius 2 is 1.62 bits per heavy atom. The van der Waals surface area contributed by atoms with E-state index in [9.17, 15) is 14.4 Å². The summed E-state index contributed by atoms with van der Waals surface area (Å²) in [6.45, 7) is 2.25. The predicted molar refractivity (Wildman–Crippen MR) is 106 cm³/mol. The fraction of sp³-hybridized carbons (Fsp3) is 0.350. The van der Waals surface area contributed by atoms with E-state index in [2.05, 4.69) is 14.9 Å². The van der Waals surface area contributed by atoms with Gasteiger partial charge in [-0.1, -0.05) is 12.1 Å². The molecule has 2 amide bonds. The number of hydrogen-bond acceptors (Lipinski definition) is 8. The van der Waals surface area contributed by atoms with Crippen LogP contribution in [0, 0.1) is 0 Å². The number of ether oxygens (including phenoxy) is 1. The van der Waals surface area contributed by atoms with E-state index in [4.69, 9.17) is 0 Å². The Morgan fingerprint density at radius 1 is 0.966 bits per heavy atom. The van der Waals surface area contributed by atoms with E-state index >= 15 is 0 Å². The highest BCUT2D eigenvalue weighted by molar-refractivity contribution is 6.21. The van der Waals surface area contributed by atoms with Gasteiger partial charge in [-0.05, 0) is 31.3 Å². The maximum Gasteiger partial charge on any atom is 0.358 e. The molecule has 0 fully saturated rings. The van der Waals surface area contributed by atoms with Crippen LogP contribution in [0.5, 0.6) is 0 Å². The first kappa shape index (κ1) is 20.4. The highest BCUT2D eigenvalue weighted by Crippen LogP contribution is 2.22. The molecule has 9 heteroatoms. The molecule has 0 bridgehead atoms. The number of imide groups is 1. The lowest BCUT2D eigenvalue weighted by Crippen LogP contribution is -2.39. The number of benzene rings is 1. The summed E-state index contributed by atoms with van der Waals surface area (Å²) in [5.74, 6) is -0.375. The summed E-state index contributed by atoms with van der Waals surface area (Å²) >= 11 is 0. The van der Waals surface area contributed by atoms with E-state index in [0.29, 0.717) is 43.1 Å². The molecule has 1 aliphatic rings. The van der Waals surface area contributed by atoms with Gasteiger partial charge in [-0.25, -0.2) is 4.79 Å². The second-order valence-corrected chi connectivity index (χ2v) is 6.80. The summed E-state index contributed by atoms with van der Waals surface area (Å²) < 4.78 is 4.61. The monoisotopic (exact) mass is 397 g/mol. The molecule has 0 radical (unpaired) electrons. The summed E-state index contributed by atoms with van der Waals surface area (Å²) in [6.07, 6.45) is 0. The zero-order valence-electron chi connectivity index (χ0n) is 16.7. The summed E-state index contributed by atoms with van der Waals surface area (Å²) in [5.41, 5.74) is 1.09. The molecule has 0 aliphatic carbocycles. The highest BCUT2D eigenvalue weighted by Gasteiger charge is 2.34. The van der Waals surface area contributed by atoms with E-state index in [1.807, 2.05) is 23.9 Å². The maximum absolute atomic E-state index is 12.4. The van der Waals surface area contributed by atoms with Crippen LogP contribution in [-0.4, -0.2) is 85.2 Å². The van der Waals surface area contributed by atoms with Gasteiger partial charge >= 0.3 is 5.97 Å². The number of anilines is 1. The molecule has 0 unspecified atom stereocenters. The van der Waals surface area contributed by atoms with Crippen LogP contribution in [-0.2, 0) is 4.74 Å². The van der Waals surface area contributed by atoms with Crippen LogP contribution in [0.3, 0.4) is 0 Å². The van der Waals surface area contributed by atoms with Gasteiger partial charge in [-0.15, -0.1) is 10.2 Å². The predicted octanol–water partition coefficient (Wildman–Crippen LogP) is 0.927. The molecule has 3 rings (SSSR count). The molecule has 0 N–H and O–H groups in total. The Morgan fingerprint density at radius 3 is 2.17 bits per heavy atom. The molecule has 9 nitrogen and oxygen atoms in total. The van der Waals surface area contributed by atoms with Crippen LogP contribution in [0.4, 0.5) is 5.82 Å². The number of aromatic nitrogens is 2. The van der Waals surface area contributed by atoms with Crippen molar-refractivity contribution in [2.45, 2.75) is 0 Å². The van der Waals surface area contributed by atoms with Crippen LogP contribution in [0.2, 0.25) is 0 Å². The SMILES string of the molecule is COC(=O)c1ccc(N(C)CCN(C)CCN2C(=O)c3ccccc3C2=O)nn1. The molecular weight excluding hydrogens is 374 g/mol. The molecule has 29 heavy (non-hydrogen) atoms. The quantitative estimate of drug-likeness (QED) is 0.479. The highest BCUT2D eigenvalue weighted by atomic mass is 16.5. The third kappa shape index (κ3) is 4.40. The van der Waals surface area contributed by atoms with E-state index in [0.717, 1.165) is 0 Å². The molecule has 0 spiro atoms. The lowest BCUT2D eigenvalue weighted by atomic mass is 10.1. The van der Waals surface area contributed by atoms with Crippen LogP contribution in [0.15, 0.2) is 36.4 Å². The third-order valence-electron chi connectivity index (χ3n) is 4.84. The Bertz CT molecular complexity index is 880. The average molecular weight is 397 g/mol. The fourth-order valence-corrected chi connectivity index (χ4v) is 3.00. The van der Waals surface area contributed by atoms with Crippen molar-refractivity contribution in [3.63, 3.8) is 0 Å². The number of fused-ring (bicyclic) bond motifs is 1. The standard InChI is InChI=1S/C20H23N5O4/c1-23(10-12-24(2)17-9-8-16(21-22-17)20(28)29-3)11-13-25-18(26)14-6-4-5-7-15(14)19(25)27/h4-9H,10-13H2,1-3H3. The van der Waals surface area contributed by atoms with Crippen LogP contribution in [0.25, 0.3) is 0 Å². The Balaban J connectivity index is 1.48. The molecule has 2 aromatic rings. The minimum atomic E-state index is -0.528. The van der Waals surface area contributed by atoms with Crippen molar-refractivity contribution in [1.29, 1.82) is 0 Å². The fourth-order valence-electron chi connectivity index (χ4n) is 3.00. The zero-order valence-corrected chi connectivity index (χ0v) is 16.7. The van der Waals surface area contributed by atoms with Crippen LogP contribution >= 0.6 is 0 Å². The summed E-state index contributed by atoms with van der Waals surface area (Å²) in [6, 6.07) is 10.2. The van der Waals surface area contributed by atoms with E-state index in [1.54, 1.807) is 36.4 Å². The van der Waals surface area contributed by atoms with Crippen molar-refractivity contribution in [3.05, 3.63) is 53.2 Å². The molecule has 1 aromatic carbocycles. The molecule has 0 atom stereocenters. The second-order valence-electron chi connectivity index (χ2n) is 6.80. The van der Waals surface area contributed by atoms with E-state index in [1.165, 1.54) is 12.0 Å². The first-order valence-electron chi connectivity index (χ1n) is 9.19. The lowest BCUT2D eigenvalue weighted by Gasteiger charge is -2.24. The largest absolute Gasteiger partial charge is 0.464 e. The number of amides is 2. The normalized spacial score (nSPS) is 13.0. The van der Waals surface area contributed by atoms with Gasteiger partial charge in [-0.3, -0.25) is 14.5 Å². The molecule has 2 heterocycles. The van der Waals surface area contributed by atoms with Crippen molar-refractivity contribution >= 4 is 23.6 Å². The number of likely N-dealkylation sites (N-methyl/N-ethyl adjacent to an activating group) is 2. The second kappa shape index (κ2) is 8.78. The minimum absolute atomic E-state index is 0.155. The smallest absolute Gasteiger partial charge is 0.358 e. The minimum Gasteiger partial charge on any atom is -0.464 e. The average Bonchev–Trinajstić information content (AvgIpc) is 3.00. The number of hydrogen-bond donors (Lipinski definition) is 0. The van der Waals surface area contributed by atoms with E-state index < -0.39 is 5.97 Å². The Labute approximate surface area is 168 Å². The number of carbonyl (C=O) groups is 3. The number of nitrogens with zero attached hydrogens (tertiary/aromatic N) is 5. The van der Waals surface area contributed by atoms with Crippen LogP contribution in [0.1, 0.15) is 31.2 Å². The van der Waals surface area contributed by atoms with Gasteiger partial charge in [0.1, 0.15) is 0 Å². The van der Waals surface area contributed by atoms with E-state index in [-0.39, 0.29) is 17.5 Å². The Hall–Kier alpha value is -3.33. The van der Waals surface area contributed by atoms with Gasteiger partial charge < -0.3 is 14.5 Å². The number of carbonyl (C=O) groups excluding carboxylic acids is 3. The van der Waals surface area contributed by atoms with Crippen molar-refractivity contribution in [3.8, 4) is 0 Å². The van der Waals surface area contributed by atoms with Gasteiger partial charge in [-0.2, -0.15) is 0 Å². The molecule has 0 saturated carbocycles. The number of esters is 1. The first-order chi connectivity index (χ1) is 13.9. The van der Waals surface area contributed by atoms with Crippen molar-refractivity contribution < 1.29 is 19.1 Å². The molecule has 1 aliphatic heterocycles. The van der Waals surface area contributed by atoms with Gasteiger partial charge in [0.15, 0.2) is 11.5 Å². The number of rotatable bonds is 8. The lowest BCUT2D eigenvalue weighted by molar-refractivity contribution is 0.0590. The number of methoxy groups -OCH3 is 1. The molecule has 0 saturated heterocycles. The molecule has 1 aromatic heterocycles. The van der Waals surface area contributed by atoms with Gasteiger partial charge in [0.25, 0.3) is 11.8 Å². The van der Waals surface area contributed by atoms with Crippen molar-refractivity contribution in [2.24, 2.45) is 0 Å². The summed E-state index contributed by atoms with van der Waals surface area (Å²) in [5, 5.41) is 7.90. The van der Waals surface area contributed by atoms with Crippen molar-refractivity contribution in [2.75, 3.05) is 52.3 Å². The molecular formula is C20H23N5O4. The van der Waals surface area contributed by atoms with Crippen molar-refractivity contribution in [1.82, 2.24) is 20.0 Å². The third-order valence-corrected chi connectivity index (χ3v) is 4.84. The summed E-state index contributed by atoms with van der Waals surface area (Å²) in [4.78, 5) is 41.4. The Kier molecular flexibility index (Phi) is 6.18. The first-order valence-corrected chi connectivity index (χ1v) is 9.19. The molecule has 152 valence electrons. The zero-order chi connectivity index (χ0) is 21.0. The van der Waals surface area contributed by atoms with Gasteiger partial charge in [0, 0.05) is 33.2 Å². The van der Waals surface area contributed by atoms with Gasteiger partial charge in [0.05, 0.1) is 18.2 Å². The van der Waals surface area contributed by atoms with Gasteiger partial charge in [0.2, 0.25) is 0 Å². The summed E-state index contributed by atoms with van der Waals surface area (Å²) in [7, 11) is 5.10. The van der Waals surface area contributed by atoms with Crippen LogP contribution < -0.4 is 4.90 Å². The maximum atomic E-state index is 12.4.